The van der Waals surface area contributed by atoms with Crippen LogP contribution in [0.5, 0.6) is 0 Å². The minimum absolute atomic E-state index is 0.505. The zero-order valence-electron chi connectivity index (χ0n) is 7.46. The van der Waals surface area contributed by atoms with Gasteiger partial charge in [-0.15, -0.1) is 6.58 Å². The van der Waals surface area contributed by atoms with E-state index in [1.54, 1.807) is 12.1 Å². The van der Waals surface area contributed by atoms with Gasteiger partial charge in [-0.05, 0) is 18.4 Å². The number of benzene rings is 1. The van der Waals surface area contributed by atoms with Crippen LogP contribution in [0.1, 0.15) is 24.6 Å². The van der Waals surface area contributed by atoms with Crippen molar-refractivity contribution < 1.29 is 4.39 Å². The minimum atomic E-state index is -0.897. The lowest BCUT2D eigenvalue weighted by atomic mass is 10.1. The van der Waals surface area contributed by atoms with E-state index in [0.29, 0.717) is 12.8 Å². The zero-order chi connectivity index (χ0) is 9.68. The highest BCUT2D eigenvalue weighted by Crippen LogP contribution is 2.20. The fraction of sp³-hybridized carbons (Fsp3) is 0.273. The molecule has 67 valence electrons. The molecule has 0 N–H and O–H groups in total. The summed E-state index contributed by atoms with van der Waals surface area (Å²) in [4.78, 5) is 0. The minimum Gasteiger partial charge on any atom is -0.242 e. The van der Waals surface area contributed by atoms with Crippen molar-refractivity contribution >= 4 is 15.4 Å². The Labute approximate surface area is 81.9 Å². The molecule has 0 fully saturated rings. The van der Waals surface area contributed by atoms with Crippen LogP contribution in [0.4, 0.5) is 4.39 Å². The van der Waals surface area contributed by atoms with Gasteiger partial charge in [0.1, 0.15) is 6.17 Å². The van der Waals surface area contributed by atoms with Gasteiger partial charge in [0.05, 0.1) is 10.2 Å². The summed E-state index contributed by atoms with van der Waals surface area (Å²) in [6, 6.07) is 7.38. The number of allylic oxidation sites excluding steroid dienone is 1. The van der Waals surface area contributed by atoms with E-state index in [1.165, 1.54) is 0 Å². The van der Waals surface area contributed by atoms with Gasteiger partial charge in [-0.2, -0.15) is 0 Å². The van der Waals surface area contributed by atoms with Crippen LogP contribution in [-0.4, -0.2) is 10.2 Å². The molecular formula is C11H12FSi. The second-order valence-corrected chi connectivity index (χ2v) is 3.46. The maximum atomic E-state index is 13.5. The van der Waals surface area contributed by atoms with Crippen LogP contribution in [-0.2, 0) is 0 Å². The Kier molecular flexibility index (Phi) is 3.90. The van der Waals surface area contributed by atoms with E-state index in [9.17, 15) is 4.39 Å². The predicted octanol–water partition coefficient (Wildman–Crippen LogP) is 2.46. The first-order valence-electron chi connectivity index (χ1n) is 4.31. The van der Waals surface area contributed by atoms with Gasteiger partial charge >= 0.3 is 0 Å². The highest BCUT2D eigenvalue weighted by molar-refractivity contribution is 6.33. The predicted molar refractivity (Wildman–Crippen MR) is 55.1 cm³/mol. The number of halogens is 1. The summed E-state index contributed by atoms with van der Waals surface area (Å²) >= 11 is 0. The normalized spacial score (nSPS) is 12.5. The molecule has 0 aliphatic carbocycles. The molecule has 13 heavy (non-hydrogen) atoms. The zero-order valence-corrected chi connectivity index (χ0v) is 8.46. The number of alkyl halides is 1. The molecule has 0 saturated heterocycles. The van der Waals surface area contributed by atoms with Crippen LogP contribution >= 0.6 is 0 Å². The fourth-order valence-corrected chi connectivity index (χ4v) is 1.53. The molecule has 2 heteroatoms. The molecule has 3 radical (unpaired) electrons. The van der Waals surface area contributed by atoms with Crippen molar-refractivity contribution in [2.24, 2.45) is 0 Å². The molecule has 1 aromatic rings. The van der Waals surface area contributed by atoms with E-state index in [2.05, 4.69) is 16.8 Å². The van der Waals surface area contributed by atoms with Crippen molar-refractivity contribution in [1.29, 1.82) is 0 Å². The quantitative estimate of drug-likeness (QED) is 0.506. The van der Waals surface area contributed by atoms with Crippen molar-refractivity contribution in [1.82, 2.24) is 0 Å². The standard InChI is InChI=1S/C11H12FSi/c1-2-3-7-10(12)9-6-4-5-8-11(9)13/h2,4-6,8,10H,1,3,7H2. The molecule has 0 heterocycles. The molecule has 0 bridgehead atoms. The van der Waals surface area contributed by atoms with Crippen LogP contribution in [0.2, 0.25) is 0 Å². The van der Waals surface area contributed by atoms with Gasteiger partial charge in [-0.1, -0.05) is 35.5 Å². The SMILES string of the molecule is C=CCCC(F)c1ccccc1[Si]. The molecule has 1 atom stereocenters. The monoisotopic (exact) mass is 191 g/mol. The molecule has 0 spiro atoms. The van der Waals surface area contributed by atoms with Crippen LogP contribution in [0.3, 0.4) is 0 Å². The van der Waals surface area contributed by atoms with Crippen molar-refractivity contribution in [3.05, 3.63) is 42.5 Å². The first-order chi connectivity index (χ1) is 6.25. The maximum absolute atomic E-state index is 13.5. The summed E-state index contributed by atoms with van der Waals surface area (Å²) in [6.45, 7) is 3.57. The van der Waals surface area contributed by atoms with E-state index >= 15 is 0 Å². The summed E-state index contributed by atoms with van der Waals surface area (Å²) in [5.41, 5.74) is 0.723. The summed E-state index contributed by atoms with van der Waals surface area (Å²) in [7, 11) is 3.37. The lowest BCUT2D eigenvalue weighted by molar-refractivity contribution is 0.327. The summed E-state index contributed by atoms with van der Waals surface area (Å²) in [5.74, 6) is 0. The Hall–Kier alpha value is -0.893. The van der Waals surface area contributed by atoms with Crippen LogP contribution in [0.15, 0.2) is 36.9 Å². The Bertz CT molecular complexity index is 283. The molecule has 1 unspecified atom stereocenters. The van der Waals surface area contributed by atoms with E-state index in [1.807, 2.05) is 18.2 Å². The van der Waals surface area contributed by atoms with Crippen molar-refractivity contribution in [3.8, 4) is 0 Å². The molecule has 0 aliphatic rings. The number of hydrogen-bond donors (Lipinski definition) is 0. The van der Waals surface area contributed by atoms with Gasteiger partial charge in [0.15, 0.2) is 0 Å². The summed E-state index contributed by atoms with van der Waals surface area (Å²) in [5, 5.41) is 0.832. The number of hydrogen-bond acceptors (Lipinski definition) is 0. The van der Waals surface area contributed by atoms with Gasteiger partial charge in [-0.3, -0.25) is 0 Å². The Balaban J connectivity index is 2.70. The Morgan fingerprint density at radius 2 is 2.15 bits per heavy atom. The fourth-order valence-electron chi connectivity index (χ4n) is 1.19. The smallest absolute Gasteiger partial charge is 0.125 e. The lowest BCUT2D eigenvalue weighted by Gasteiger charge is -2.09. The molecule has 1 rings (SSSR count). The third-order valence-electron chi connectivity index (χ3n) is 1.92. The molecule has 0 saturated carbocycles. The first-order valence-corrected chi connectivity index (χ1v) is 4.81. The van der Waals surface area contributed by atoms with E-state index in [0.717, 1.165) is 10.8 Å². The van der Waals surface area contributed by atoms with Gasteiger partial charge in [0.25, 0.3) is 0 Å². The maximum Gasteiger partial charge on any atom is 0.125 e. The van der Waals surface area contributed by atoms with Crippen LogP contribution in [0, 0.1) is 0 Å². The second-order valence-electron chi connectivity index (χ2n) is 2.92. The van der Waals surface area contributed by atoms with Gasteiger partial charge in [0.2, 0.25) is 0 Å². The Morgan fingerprint density at radius 1 is 1.46 bits per heavy atom. The highest BCUT2D eigenvalue weighted by atomic mass is 28.1. The average molecular weight is 191 g/mol. The average Bonchev–Trinajstić information content (AvgIpc) is 2.15. The summed E-state index contributed by atoms with van der Waals surface area (Å²) < 4.78 is 13.5. The highest BCUT2D eigenvalue weighted by Gasteiger charge is 2.09. The van der Waals surface area contributed by atoms with Crippen LogP contribution < -0.4 is 5.19 Å². The van der Waals surface area contributed by atoms with Gasteiger partial charge in [0, 0.05) is 0 Å². The second kappa shape index (κ2) is 4.97. The van der Waals surface area contributed by atoms with Crippen LogP contribution in [0.25, 0.3) is 0 Å². The lowest BCUT2D eigenvalue weighted by Crippen LogP contribution is -2.11. The number of rotatable bonds is 4. The molecule has 1 aromatic carbocycles. The molecular weight excluding hydrogens is 179 g/mol. The third kappa shape index (κ3) is 2.81. The van der Waals surface area contributed by atoms with Gasteiger partial charge < -0.3 is 0 Å². The summed E-state index contributed by atoms with van der Waals surface area (Å²) in [6.07, 6.45) is 2.06. The van der Waals surface area contributed by atoms with Crippen molar-refractivity contribution in [2.45, 2.75) is 19.0 Å². The molecule has 0 aromatic heterocycles. The topological polar surface area (TPSA) is 0 Å². The van der Waals surface area contributed by atoms with Crippen molar-refractivity contribution in [3.63, 3.8) is 0 Å². The van der Waals surface area contributed by atoms with Crippen molar-refractivity contribution in [2.75, 3.05) is 0 Å². The third-order valence-corrected chi connectivity index (χ3v) is 2.38. The molecule has 0 nitrogen and oxygen atoms in total. The molecule has 0 amide bonds. The largest absolute Gasteiger partial charge is 0.242 e. The molecule has 0 aliphatic heterocycles. The van der Waals surface area contributed by atoms with E-state index in [4.69, 9.17) is 0 Å². The van der Waals surface area contributed by atoms with Gasteiger partial charge in [-0.25, -0.2) is 4.39 Å². The first kappa shape index (κ1) is 10.2. The van der Waals surface area contributed by atoms with E-state index in [-0.39, 0.29) is 0 Å². The van der Waals surface area contributed by atoms with E-state index < -0.39 is 6.17 Å². The Morgan fingerprint density at radius 3 is 2.77 bits per heavy atom.